The molecule has 2 aromatic rings. The smallest absolute Gasteiger partial charge is 0.251 e. The molecular weight excluding hydrogens is 248 g/mol. The van der Waals surface area contributed by atoms with Crippen molar-refractivity contribution in [1.82, 2.24) is 15.5 Å². The predicted molar refractivity (Wildman–Crippen MR) is 72.1 cm³/mol. The van der Waals surface area contributed by atoms with Gasteiger partial charge in [0.1, 0.15) is 4.99 Å². The Balaban J connectivity index is 2.04. The van der Waals surface area contributed by atoms with Gasteiger partial charge in [-0.05, 0) is 12.1 Å². The minimum Gasteiger partial charge on any atom is -0.389 e. The molecule has 0 saturated carbocycles. The first kappa shape index (κ1) is 12.3. The minimum absolute atomic E-state index is 0.172. The Kier molecular flexibility index (Phi) is 3.69. The van der Waals surface area contributed by atoms with E-state index in [1.807, 2.05) is 0 Å². The number of benzene rings is 1. The third-order valence-corrected chi connectivity index (χ3v) is 2.65. The number of thiocarbonyl (C=S) groups is 1. The Labute approximate surface area is 109 Å². The summed E-state index contributed by atoms with van der Waals surface area (Å²) in [6.07, 6.45) is 3.39. The SMILES string of the molecule is NC(=S)c1cccc(C(=O)NCc2cn[nH]c2)c1. The number of aromatic nitrogens is 2. The number of nitrogens with one attached hydrogen (secondary N) is 2. The molecule has 1 amide bonds. The van der Waals surface area contributed by atoms with E-state index in [2.05, 4.69) is 15.5 Å². The molecule has 0 spiro atoms. The van der Waals surface area contributed by atoms with Crippen LogP contribution in [0.3, 0.4) is 0 Å². The molecule has 18 heavy (non-hydrogen) atoms. The zero-order valence-corrected chi connectivity index (χ0v) is 10.3. The van der Waals surface area contributed by atoms with Crippen LogP contribution in [0.25, 0.3) is 0 Å². The lowest BCUT2D eigenvalue weighted by atomic mass is 10.1. The summed E-state index contributed by atoms with van der Waals surface area (Å²) in [6.45, 7) is 0.423. The van der Waals surface area contributed by atoms with Crippen LogP contribution < -0.4 is 11.1 Å². The number of nitrogens with zero attached hydrogens (tertiary/aromatic N) is 1. The number of hydrogen-bond acceptors (Lipinski definition) is 3. The topological polar surface area (TPSA) is 83.8 Å². The van der Waals surface area contributed by atoms with Crippen molar-refractivity contribution in [2.75, 3.05) is 0 Å². The van der Waals surface area contributed by atoms with E-state index in [1.54, 1.807) is 36.7 Å². The number of H-pyrrole nitrogens is 1. The Bertz CT molecular complexity index is 565. The number of nitrogens with two attached hydrogens (primary N) is 1. The van der Waals surface area contributed by atoms with Crippen LogP contribution in [-0.2, 0) is 6.54 Å². The Morgan fingerprint density at radius 2 is 2.22 bits per heavy atom. The van der Waals surface area contributed by atoms with Gasteiger partial charge in [-0.25, -0.2) is 0 Å². The molecule has 0 aliphatic rings. The van der Waals surface area contributed by atoms with Gasteiger partial charge in [0.05, 0.1) is 6.20 Å². The largest absolute Gasteiger partial charge is 0.389 e. The van der Waals surface area contributed by atoms with Crippen LogP contribution in [0.5, 0.6) is 0 Å². The lowest BCUT2D eigenvalue weighted by Crippen LogP contribution is -2.23. The fourth-order valence-corrected chi connectivity index (χ4v) is 1.60. The van der Waals surface area contributed by atoms with Crippen LogP contribution in [0, 0.1) is 0 Å². The highest BCUT2D eigenvalue weighted by Gasteiger charge is 2.07. The molecule has 0 aliphatic carbocycles. The summed E-state index contributed by atoms with van der Waals surface area (Å²) in [4.78, 5) is 12.2. The molecule has 0 saturated heterocycles. The van der Waals surface area contributed by atoms with Crippen LogP contribution in [0.4, 0.5) is 0 Å². The van der Waals surface area contributed by atoms with Crippen LogP contribution >= 0.6 is 12.2 Å². The first-order valence-corrected chi connectivity index (χ1v) is 5.73. The first-order chi connectivity index (χ1) is 8.66. The Hall–Kier alpha value is -2.21. The van der Waals surface area contributed by atoms with Crippen molar-refractivity contribution in [3.8, 4) is 0 Å². The van der Waals surface area contributed by atoms with Crippen LogP contribution in [0.2, 0.25) is 0 Å². The molecule has 0 fully saturated rings. The minimum atomic E-state index is -0.172. The third kappa shape index (κ3) is 2.92. The summed E-state index contributed by atoms with van der Waals surface area (Å²) in [6, 6.07) is 6.91. The summed E-state index contributed by atoms with van der Waals surface area (Å²) in [5.41, 5.74) is 7.64. The van der Waals surface area contributed by atoms with Gasteiger partial charge < -0.3 is 11.1 Å². The second-order valence-electron chi connectivity index (χ2n) is 3.73. The van der Waals surface area contributed by atoms with Crippen LogP contribution in [0.15, 0.2) is 36.7 Å². The average molecular weight is 260 g/mol. The quantitative estimate of drug-likeness (QED) is 0.715. The highest BCUT2D eigenvalue weighted by molar-refractivity contribution is 7.80. The molecule has 1 heterocycles. The van der Waals surface area contributed by atoms with Crippen molar-refractivity contribution in [3.05, 3.63) is 53.3 Å². The van der Waals surface area contributed by atoms with Crippen molar-refractivity contribution in [2.45, 2.75) is 6.54 Å². The van der Waals surface area contributed by atoms with Gasteiger partial charge in [-0.15, -0.1) is 0 Å². The monoisotopic (exact) mass is 260 g/mol. The number of rotatable bonds is 4. The number of carbonyl (C=O) groups is 1. The normalized spacial score (nSPS) is 10.0. The van der Waals surface area contributed by atoms with Gasteiger partial charge in [0.25, 0.3) is 5.91 Å². The van der Waals surface area contributed by atoms with Gasteiger partial charge >= 0.3 is 0 Å². The molecule has 0 bridgehead atoms. The Morgan fingerprint density at radius 3 is 2.89 bits per heavy atom. The number of amides is 1. The van der Waals surface area contributed by atoms with Crippen molar-refractivity contribution in [3.63, 3.8) is 0 Å². The third-order valence-electron chi connectivity index (χ3n) is 2.42. The average Bonchev–Trinajstić information content (AvgIpc) is 2.89. The van der Waals surface area contributed by atoms with E-state index in [-0.39, 0.29) is 10.9 Å². The number of hydrogen-bond donors (Lipinski definition) is 3. The molecule has 0 unspecified atom stereocenters. The van der Waals surface area contributed by atoms with E-state index in [4.69, 9.17) is 18.0 Å². The first-order valence-electron chi connectivity index (χ1n) is 5.32. The fourth-order valence-electron chi connectivity index (χ4n) is 1.47. The summed E-state index contributed by atoms with van der Waals surface area (Å²) in [5, 5.41) is 9.27. The summed E-state index contributed by atoms with van der Waals surface area (Å²) in [5.74, 6) is -0.172. The maximum absolute atomic E-state index is 11.9. The van der Waals surface area contributed by atoms with Gasteiger partial charge in [-0.3, -0.25) is 9.89 Å². The van der Waals surface area contributed by atoms with Gasteiger partial charge in [-0.1, -0.05) is 24.4 Å². The molecule has 2 rings (SSSR count). The van der Waals surface area contributed by atoms with E-state index < -0.39 is 0 Å². The zero-order valence-electron chi connectivity index (χ0n) is 9.51. The molecule has 1 aromatic heterocycles. The molecule has 4 N–H and O–H groups in total. The van der Waals surface area contributed by atoms with E-state index in [0.29, 0.717) is 17.7 Å². The van der Waals surface area contributed by atoms with Gasteiger partial charge in [-0.2, -0.15) is 5.10 Å². The molecule has 0 aliphatic heterocycles. The van der Waals surface area contributed by atoms with Gasteiger partial charge in [0.2, 0.25) is 0 Å². The lowest BCUT2D eigenvalue weighted by molar-refractivity contribution is 0.0951. The van der Waals surface area contributed by atoms with Crippen LogP contribution in [-0.4, -0.2) is 21.1 Å². The second-order valence-corrected chi connectivity index (χ2v) is 4.17. The summed E-state index contributed by atoms with van der Waals surface area (Å²) < 4.78 is 0. The maximum Gasteiger partial charge on any atom is 0.251 e. The van der Waals surface area contributed by atoms with Crippen molar-refractivity contribution < 1.29 is 4.79 Å². The van der Waals surface area contributed by atoms with E-state index in [0.717, 1.165) is 5.56 Å². The highest BCUT2D eigenvalue weighted by atomic mass is 32.1. The summed E-state index contributed by atoms with van der Waals surface area (Å²) in [7, 11) is 0. The molecule has 0 radical (unpaired) electrons. The molecular formula is C12H12N4OS. The molecule has 92 valence electrons. The van der Waals surface area contributed by atoms with Crippen LogP contribution in [0.1, 0.15) is 21.5 Å². The number of carbonyl (C=O) groups excluding carboxylic acids is 1. The van der Waals surface area contributed by atoms with Crippen molar-refractivity contribution in [2.24, 2.45) is 5.73 Å². The van der Waals surface area contributed by atoms with Crippen molar-refractivity contribution >= 4 is 23.1 Å². The Morgan fingerprint density at radius 1 is 1.44 bits per heavy atom. The van der Waals surface area contributed by atoms with E-state index >= 15 is 0 Å². The molecule has 6 heteroatoms. The molecule has 0 atom stereocenters. The number of aromatic amines is 1. The molecule has 5 nitrogen and oxygen atoms in total. The summed E-state index contributed by atoms with van der Waals surface area (Å²) >= 11 is 4.87. The molecule has 1 aromatic carbocycles. The predicted octanol–water partition coefficient (Wildman–Crippen LogP) is 0.974. The fraction of sp³-hybridized carbons (Fsp3) is 0.0833. The standard InChI is InChI=1S/C12H12N4OS/c13-11(18)9-2-1-3-10(4-9)12(17)14-5-8-6-15-16-7-8/h1-4,6-7H,5H2,(H2,13,18)(H,14,17)(H,15,16). The maximum atomic E-state index is 11.9. The lowest BCUT2D eigenvalue weighted by Gasteiger charge is -2.05. The van der Waals surface area contributed by atoms with E-state index in [1.165, 1.54) is 0 Å². The highest BCUT2D eigenvalue weighted by Crippen LogP contribution is 2.05. The van der Waals surface area contributed by atoms with Gasteiger partial charge in [0.15, 0.2) is 0 Å². The zero-order chi connectivity index (χ0) is 13.0. The van der Waals surface area contributed by atoms with Crippen molar-refractivity contribution in [1.29, 1.82) is 0 Å². The van der Waals surface area contributed by atoms with Gasteiger partial charge in [0, 0.05) is 29.4 Å². The second kappa shape index (κ2) is 5.42. The van der Waals surface area contributed by atoms with E-state index in [9.17, 15) is 4.79 Å².